The van der Waals surface area contributed by atoms with Crippen LogP contribution in [0.1, 0.15) is 0 Å². The van der Waals surface area contributed by atoms with Crippen molar-refractivity contribution in [3.63, 3.8) is 0 Å². The van der Waals surface area contributed by atoms with Crippen LogP contribution in [0.5, 0.6) is 0 Å². The van der Waals surface area contributed by atoms with Crippen molar-refractivity contribution < 1.29 is 0 Å². The molecule has 0 aliphatic rings. The molecule has 0 atom stereocenters. The highest BCUT2D eigenvalue weighted by molar-refractivity contribution is 6.35. The number of hydrogen-bond acceptors (Lipinski definition) is 2. The van der Waals surface area contributed by atoms with Gasteiger partial charge in [0.15, 0.2) is 0 Å². The third-order valence-electron chi connectivity index (χ3n) is 9.16. The van der Waals surface area contributed by atoms with Crippen LogP contribution >= 0.6 is 0 Å². The molecule has 0 aliphatic heterocycles. The molecule has 0 amide bonds. The Balaban J connectivity index is 1.48. The zero-order valence-corrected chi connectivity index (χ0v) is 23.6. The van der Waals surface area contributed by atoms with Gasteiger partial charge in [-0.2, -0.15) is 0 Å². The van der Waals surface area contributed by atoms with Gasteiger partial charge in [0.1, 0.15) is 0 Å². The predicted molar refractivity (Wildman–Crippen MR) is 183 cm³/mol. The van der Waals surface area contributed by atoms with E-state index in [1.54, 1.807) is 0 Å². The molecule has 44 heavy (non-hydrogen) atoms. The van der Waals surface area contributed by atoms with Crippen LogP contribution in [-0.2, 0) is 0 Å². The van der Waals surface area contributed by atoms with Crippen molar-refractivity contribution in [2.75, 3.05) is 0 Å². The molecule has 0 unspecified atom stereocenters. The van der Waals surface area contributed by atoms with Gasteiger partial charge in [0, 0.05) is 61.5 Å². The van der Waals surface area contributed by atoms with Gasteiger partial charge in [0.25, 0.3) is 0 Å². The topological polar surface area (TPSA) is 35.6 Å². The Morgan fingerprint density at radius 1 is 0.341 bits per heavy atom. The lowest BCUT2D eigenvalue weighted by Crippen LogP contribution is -1.95. The molecule has 0 N–H and O–H groups in total. The highest BCUT2D eigenvalue weighted by Gasteiger charge is 2.21. The minimum atomic E-state index is 0.924. The zero-order chi connectivity index (χ0) is 28.8. The fourth-order valence-electron chi connectivity index (χ4n) is 7.40. The van der Waals surface area contributed by atoms with Crippen LogP contribution in [0.15, 0.2) is 146 Å². The second-order valence-corrected chi connectivity index (χ2v) is 11.4. The van der Waals surface area contributed by atoms with Gasteiger partial charge in [-0.3, -0.25) is 9.97 Å². The fourth-order valence-corrected chi connectivity index (χ4v) is 7.40. The Morgan fingerprint density at radius 3 is 1.61 bits per heavy atom. The summed E-state index contributed by atoms with van der Waals surface area (Å²) in [7, 11) is 0. The standard InChI is InChI=1S/C40H24N4/c1-3-11-25(12-4-1)43-34-18-10-8-16-28(34)38-35(43)20-19-29-37(38)31-23-30-27-15-7-9-17-33(27)44(26-13-5-2-6-14-26)36(30)24-32(31)40-39(29)41-21-22-42-40/h1-24H. The summed E-state index contributed by atoms with van der Waals surface area (Å²) in [6.07, 6.45) is 3.62. The highest BCUT2D eigenvalue weighted by Crippen LogP contribution is 2.44. The van der Waals surface area contributed by atoms with Crippen molar-refractivity contribution in [3.8, 4) is 11.4 Å². The molecule has 0 saturated heterocycles. The highest BCUT2D eigenvalue weighted by atomic mass is 15.0. The van der Waals surface area contributed by atoms with Gasteiger partial charge in [-0.1, -0.05) is 72.8 Å². The van der Waals surface area contributed by atoms with Crippen molar-refractivity contribution in [2.24, 2.45) is 0 Å². The van der Waals surface area contributed by atoms with E-state index in [0.717, 1.165) is 38.7 Å². The summed E-state index contributed by atoms with van der Waals surface area (Å²) in [5.41, 5.74) is 8.86. The van der Waals surface area contributed by atoms with Crippen LogP contribution < -0.4 is 0 Å². The molecule has 0 fully saturated rings. The Bertz CT molecular complexity index is 2710. The molecule has 4 nitrogen and oxygen atoms in total. The van der Waals surface area contributed by atoms with Crippen molar-refractivity contribution in [2.45, 2.75) is 0 Å². The number of rotatable bonds is 2. The smallest absolute Gasteiger partial charge is 0.0972 e. The maximum atomic E-state index is 4.94. The first kappa shape index (κ1) is 23.6. The maximum Gasteiger partial charge on any atom is 0.0972 e. The zero-order valence-electron chi connectivity index (χ0n) is 23.6. The van der Waals surface area contributed by atoms with Crippen LogP contribution in [0, 0.1) is 0 Å². The molecule has 3 heterocycles. The van der Waals surface area contributed by atoms with Crippen molar-refractivity contribution in [1.29, 1.82) is 0 Å². The van der Waals surface area contributed by atoms with Crippen LogP contribution in [0.2, 0.25) is 0 Å². The minimum absolute atomic E-state index is 0.924. The Labute approximate surface area is 252 Å². The molecule has 4 heteroatoms. The van der Waals surface area contributed by atoms with E-state index in [-0.39, 0.29) is 0 Å². The monoisotopic (exact) mass is 560 g/mol. The lowest BCUT2D eigenvalue weighted by molar-refractivity contribution is 1.18. The van der Waals surface area contributed by atoms with Gasteiger partial charge in [-0.25, -0.2) is 0 Å². The van der Waals surface area contributed by atoms with E-state index in [1.165, 1.54) is 48.9 Å². The molecule has 7 aromatic carbocycles. The Hall–Kier alpha value is -6.00. The van der Waals surface area contributed by atoms with Crippen LogP contribution in [0.3, 0.4) is 0 Å². The van der Waals surface area contributed by atoms with Gasteiger partial charge in [-0.05, 0) is 66.0 Å². The summed E-state index contributed by atoms with van der Waals surface area (Å²) in [6, 6.07) is 48.0. The molecule has 0 spiro atoms. The lowest BCUT2D eigenvalue weighted by Gasteiger charge is -2.13. The molecule has 10 rings (SSSR count). The van der Waals surface area contributed by atoms with Crippen LogP contribution in [0.4, 0.5) is 0 Å². The second-order valence-electron chi connectivity index (χ2n) is 11.4. The molecular weight excluding hydrogens is 536 g/mol. The summed E-state index contributed by atoms with van der Waals surface area (Å²) < 4.78 is 4.76. The molecule has 0 saturated carbocycles. The van der Waals surface area contributed by atoms with Crippen molar-refractivity contribution in [1.82, 2.24) is 19.1 Å². The van der Waals surface area contributed by atoms with Crippen LogP contribution in [-0.4, -0.2) is 19.1 Å². The van der Waals surface area contributed by atoms with Crippen molar-refractivity contribution in [3.05, 3.63) is 146 Å². The Kier molecular flexibility index (Phi) is 4.69. The third kappa shape index (κ3) is 3.06. The first-order valence-electron chi connectivity index (χ1n) is 14.9. The molecule has 0 radical (unpaired) electrons. The van der Waals surface area contributed by atoms with E-state index in [0.29, 0.717) is 0 Å². The quantitative estimate of drug-likeness (QED) is 0.197. The predicted octanol–water partition coefficient (Wildman–Crippen LogP) is 10.1. The summed E-state index contributed by atoms with van der Waals surface area (Å²) in [6.45, 7) is 0. The number of fused-ring (bicyclic) bond motifs is 13. The molecule has 3 aromatic heterocycles. The summed E-state index contributed by atoms with van der Waals surface area (Å²) >= 11 is 0. The molecule has 0 bridgehead atoms. The average Bonchev–Trinajstić information content (AvgIpc) is 3.61. The van der Waals surface area contributed by atoms with Gasteiger partial charge in [0.05, 0.1) is 33.1 Å². The number of nitrogens with zero attached hydrogens (tertiary/aromatic N) is 4. The minimum Gasteiger partial charge on any atom is -0.309 e. The summed E-state index contributed by atoms with van der Waals surface area (Å²) in [5.74, 6) is 0. The molecule has 204 valence electrons. The van der Waals surface area contributed by atoms with Gasteiger partial charge < -0.3 is 9.13 Å². The third-order valence-corrected chi connectivity index (χ3v) is 9.16. The molecule has 0 aliphatic carbocycles. The first-order valence-corrected chi connectivity index (χ1v) is 14.9. The van der Waals surface area contributed by atoms with Gasteiger partial charge in [-0.15, -0.1) is 0 Å². The largest absolute Gasteiger partial charge is 0.309 e. The van der Waals surface area contributed by atoms with Gasteiger partial charge >= 0.3 is 0 Å². The number of hydrogen-bond donors (Lipinski definition) is 0. The SMILES string of the molecule is c1ccc(-n2c3ccccc3c3cc4c(cc32)c2nccnc2c2ccc3c(c5ccccc5n3-c3ccccc3)c42)cc1. The van der Waals surface area contributed by atoms with E-state index in [4.69, 9.17) is 9.97 Å². The van der Waals surface area contributed by atoms with Crippen molar-refractivity contribution >= 4 is 76.2 Å². The first-order chi connectivity index (χ1) is 21.9. The second kappa shape index (κ2) is 8.76. The van der Waals surface area contributed by atoms with E-state index in [2.05, 4.69) is 143 Å². The van der Waals surface area contributed by atoms with E-state index in [9.17, 15) is 0 Å². The number of benzene rings is 7. The Morgan fingerprint density at radius 2 is 0.909 bits per heavy atom. The number of aromatic nitrogens is 4. The fraction of sp³-hybridized carbons (Fsp3) is 0. The maximum absolute atomic E-state index is 4.94. The normalized spacial score (nSPS) is 12.1. The van der Waals surface area contributed by atoms with E-state index < -0.39 is 0 Å². The summed E-state index contributed by atoms with van der Waals surface area (Å²) in [5, 5.41) is 9.57. The molecular formula is C40H24N4. The van der Waals surface area contributed by atoms with Gasteiger partial charge in [0.2, 0.25) is 0 Å². The number of para-hydroxylation sites is 4. The lowest BCUT2D eigenvalue weighted by atomic mass is 9.94. The summed E-state index contributed by atoms with van der Waals surface area (Å²) in [4.78, 5) is 9.88. The van der Waals surface area contributed by atoms with E-state index in [1.807, 2.05) is 12.4 Å². The molecule has 10 aromatic rings. The van der Waals surface area contributed by atoms with Crippen LogP contribution in [0.25, 0.3) is 87.6 Å². The average molecular weight is 561 g/mol. The van der Waals surface area contributed by atoms with E-state index >= 15 is 0 Å².